The van der Waals surface area contributed by atoms with Gasteiger partial charge in [-0.1, -0.05) is 0 Å². The molecule has 0 aliphatic heterocycles. The monoisotopic (exact) mass is 170 g/mol. The van der Waals surface area contributed by atoms with Gasteiger partial charge in [-0.3, -0.25) is 4.79 Å². The zero-order valence-corrected chi connectivity index (χ0v) is 6.63. The van der Waals surface area contributed by atoms with Crippen molar-refractivity contribution in [3.05, 3.63) is 0 Å². The number of carboxylic acids is 1. The predicted octanol–water partition coefficient (Wildman–Crippen LogP) is -1.33. The summed E-state index contributed by atoms with van der Waals surface area (Å²) in [6.07, 6.45) is -0.270. The molecule has 0 unspecified atom stereocenters. The third-order valence-corrected chi connectivity index (χ3v) is 1.37. The standard InChI is InChI=1S/C7H10N2O3/c1-2-3-4-7(9,5(8)10)6(11)12/h4,9H2,1H3,(H2,8,10)(H,11,12)/t7-/m1/s1. The Morgan fingerprint density at radius 1 is 1.58 bits per heavy atom. The Morgan fingerprint density at radius 2 is 2.08 bits per heavy atom. The van der Waals surface area contributed by atoms with E-state index in [-0.39, 0.29) is 6.42 Å². The summed E-state index contributed by atoms with van der Waals surface area (Å²) in [5.41, 5.74) is 7.93. The van der Waals surface area contributed by atoms with E-state index in [1.807, 2.05) is 0 Å². The van der Waals surface area contributed by atoms with E-state index in [1.165, 1.54) is 6.92 Å². The molecule has 0 radical (unpaired) electrons. The summed E-state index contributed by atoms with van der Waals surface area (Å²) >= 11 is 0. The summed E-state index contributed by atoms with van der Waals surface area (Å²) in [5, 5.41) is 8.54. The van der Waals surface area contributed by atoms with Gasteiger partial charge < -0.3 is 16.6 Å². The minimum absolute atomic E-state index is 0.270. The third kappa shape index (κ3) is 1.97. The van der Waals surface area contributed by atoms with Gasteiger partial charge in [-0.2, -0.15) is 0 Å². The van der Waals surface area contributed by atoms with E-state index in [4.69, 9.17) is 16.6 Å². The van der Waals surface area contributed by atoms with Crippen LogP contribution in [0.3, 0.4) is 0 Å². The van der Waals surface area contributed by atoms with E-state index < -0.39 is 17.4 Å². The molecule has 0 heterocycles. The maximum absolute atomic E-state index is 10.6. The first kappa shape index (κ1) is 10.5. The molecule has 5 N–H and O–H groups in total. The molecule has 0 aliphatic carbocycles. The number of aliphatic carboxylic acids is 1. The lowest BCUT2D eigenvalue weighted by atomic mass is 9.96. The molecule has 0 spiro atoms. The highest BCUT2D eigenvalue weighted by molar-refractivity contribution is 6.05. The molecule has 5 heteroatoms. The first-order valence-electron chi connectivity index (χ1n) is 3.17. The molecule has 0 fully saturated rings. The Labute approximate surface area is 69.7 Å². The van der Waals surface area contributed by atoms with Crippen LogP contribution in [0.1, 0.15) is 13.3 Å². The van der Waals surface area contributed by atoms with E-state index in [9.17, 15) is 9.59 Å². The second-order valence-corrected chi connectivity index (χ2v) is 2.24. The number of nitrogens with two attached hydrogens (primary N) is 2. The molecule has 0 aromatic heterocycles. The molecule has 0 aliphatic rings. The van der Waals surface area contributed by atoms with Crippen LogP contribution in [-0.2, 0) is 9.59 Å². The van der Waals surface area contributed by atoms with Crippen molar-refractivity contribution in [2.24, 2.45) is 11.5 Å². The van der Waals surface area contributed by atoms with Crippen LogP contribution in [-0.4, -0.2) is 22.5 Å². The van der Waals surface area contributed by atoms with Crippen molar-refractivity contribution in [1.82, 2.24) is 0 Å². The fraction of sp³-hybridized carbons (Fsp3) is 0.429. The number of amides is 1. The van der Waals surface area contributed by atoms with Crippen LogP contribution in [0.4, 0.5) is 0 Å². The van der Waals surface area contributed by atoms with Gasteiger partial charge in [0.2, 0.25) is 11.4 Å². The fourth-order valence-corrected chi connectivity index (χ4v) is 0.496. The van der Waals surface area contributed by atoms with Crippen LogP contribution in [0, 0.1) is 11.8 Å². The number of carbonyl (C=O) groups excluding carboxylic acids is 1. The topological polar surface area (TPSA) is 106 Å². The van der Waals surface area contributed by atoms with Crippen LogP contribution in [0.25, 0.3) is 0 Å². The van der Waals surface area contributed by atoms with E-state index >= 15 is 0 Å². The lowest BCUT2D eigenvalue weighted by Crippen LogP contribution is -2.57. The molecule has 0 rings (SSSR count). The molecule has 0 saturated heterocycles. The molecule has 5 nitrogen and oxygen atoms in total. The van der Waals surface area contributed by atoms with Gasteiger partial charge in [-0.05, 0) is 6.92 Å². The maximum Gasteiger partial charge on any atom is 0.334 e. The number of rotatable bonds is 3. The lowest BCUT2D eigenvalue weighted by molar-refractivity contribution is -0.147. The number of hydrogen-bond donors (Lipinski definition) is 3. The van der Waals surface area contributed by atoms with Gasteiger partial charge in [0, 0.05) is 6.42 Å². The van der Waals surface area contributed by atoms with Crippen molar-refractivity contribution in [3.63, 3.8) is 0 Å². The molecule has 0 aromatic rings. The molecule has 66 valence electrons. The Hall–Kier alpha value is -1.54. The lowest BCUT2D eigenvalue weighted by Gasteiger charge is -2.16. The van der Waals surface area contributed by atoms with Crippen LogP contribution >= 0.6 is 0 Å². The Bertz CT molecular complexity index is 248. The minimum atomic E-state index is -2.07. The SMILES string of the molecule is CC#CC[C@@](N)(C(N)=O)C(=O)O. The Morgan fingerprint density at radius 3 is 2.33 bits per heavy atom. The highest BCUT2D eigenvalue weighted by Crippen LogP contribution is 2.04. The van der Waals surface area contributed by atoms with Crippen molar-refractivity contribution in [2.45, 2.75) is 18.9 Å². The van der Waals surface area contributed by atoms with Crippen LogP contribution in [0.5, 0.6) is 0 Å². The van der Waals surface area contributed by atoms with Crippen LogP contribution < -0.4 is 11.5 Å². The molecule has 1 amide bonds. The van der Waals surface area contributed by atoms with Gasteiger partial charge in [-0.25, -0.2) is 4.79 Å². The van der Waals surface area contributed by atoms with Gasteiger partial charge in [0.1, 0.15) is 0 Å². The van der Waals surface area contributed by atoms with E-state index in [1.54, 1.807) is 0 Å². The second-order valence-electron chi connectivity index (χ2n) is 2.24. The van der Waals surface area contributed by atoms with E-state index in [0.717, 1.165) is 0 Å². The summed E-state index contributed by atoms with van der Waals surface area (Å²) in [6, 6.07) is 0. The maximum atomic E-state index is 10.6. The normalized spacial score (nSPS) is 13.8. The second kappa shape index (κ2) is 3.74. The number of primary amides is 1. The van der Waals surface area contributed by atoms with Gasteiger partial charge in [0.15, 0.2) is 0 Å². The quantitative estimate of drug-likeness (QED) is 0.360. The number of hydrogen-bond acceptors (Lipinski definition) is 3. The first-order chi connectivity index (χ1) is 5.45. The zero-order valence-electron chi connectivity index (χ0n) is 6.63. The minimum Gasteiger partial charge on any atom is -0.479 e. The fourth-order valence-electron chi connectivity index (χ4n) is 0.496. The molecule has 12 heavy (non-hydrogen) atoms. The summed E-state index contributed by atoms with van der Waals surface area (Å²) < 4.78 is 0. The summed E-state index contributed by atoms with van der Waals surface area (Å²) in [6.45, 7) is 1.52. The van der Waals surface area contributed by atoms with Crippen molar-refractivity contribution in [1.29, 1.82) is 0 Å². The van der Waals surface area contributed by atoms with E-state index in [2.05, 4.69) is 11.8 Å². The molecule has 0 bridgehead atoms. The predicted molar refractivity (Wildman–Crippen MR) is 41.8 cm³/mol. The highest BCUT2D eigenvalue weighted by atomic mass is 16.4. The number of carboxylic acid groups (broad SMARTS) is 1. The first-order valence-corrected chi connectivity index (χ1v) is 3.17. The molecular formula is C7H10N2O3. The molecule has 0 aromatic carbocycles. The van der Waals surface area contributed by atoms with Crippen molar-refractivity contribution in [3.8, 4) is 11.8 Å². The van der Waals surface area contributed by atoms with Crippen LogP contribution in [0.2, 0.25) is 0 Å². The number of carbonyl (C=O) groups is 2. The zero-order chi connectivity index (χ0) is 9.78. The van der Waals surface area contributed by atoms with Gasteiger partial charge in [0.05, 0.1) is 0 Å². The highest BCUT2D eigenvalue weighted by Gasteiger charge is 2.39. The summed E-state index contributed by atoms with van der Waals surface area (Å²) in [7, 11) is 0. The third-order valence-electron chi connectivity index (χ3n) is 1.37. The van der Waals surface area contributed by atoms with Crippen molar-refractivity contribution < 1.29 is 14.7 Å². The summed E-state index contributed by atoms with van der Waals surface area (Å²) in [4.78, 5) is 21.1. The smallest absolute Gasteiger partial charge is 0.334 e. The van der Waals surface area contributed by atoms with Gasteiger partial charge >= 0.3 is 5.97 Å². The largest absolute Gasteiger partial charge is 0.479 e. The van der Waals surface area contributed by atoms with Crippen molar-refractivity contribution >= 4 is 11.9 Å². The Kier molecular flexibility index (Phi) is 3.26. The Balaban J connectivity index is 4.71. The van der Waals surface area contributed by atoms with Gasteiger partial charge in [0.25, 0.3) is 0 Å². The average Bonchev–Trinajstić information content (AvgIpc) is 1.99. The average molecular weight is 170 g/mol. The van der Waals surface area contributed by atoms with Gasteiger partial charge in [-0.15, -0.1) is 11.8 Å². The van der Waals surface area contributed by atoms with Crippen LogP contribution in [0.15, 0.2) is 0 Å². The van der Waals surface area contributed by atoms with Crippen molar-refractivity contribution in [2.75, 3.05) is 0 Å². The molecule has 0 saturated carbocycles. The molecular weight excluding hydrogens is 160 g/mol. The molecule has 1 atom stereocenters. The summed E-state index contributed by atoms with van der Waals surface area (Å²) in [5.74, 6) is 2.28. The van der Waals surface area contributed by atoms with E-state index in [0.29, 0.717) is 0 Å².